The molecule has 0 radical (unpaired) electrons. The summed E-state index contributed by atoms with van der Waals surface area (Å²) >= 11 is 0. The highest BCUT2D eigenvalue weighted by Crippen LogP contribution is 2.34. The highest BCUT2D eigenvalue weighted by molar-refractivity contribution is 5.33. The predicted octanol–water partition coefficient (Wildman–Crippen LogP) is 1.51. The Balaban J connectivity index is 1.43. The maximum atomic E-state index is 9.85. The molecular formula is C19H30N4O2. The second-order valence-electron chi connectivity index (χ2n) is 7.78. The third-order valence-electron chi connectivity index (χ3n) is 6.13. The molecule has 0 amide bonds. The van der Waals surface area contributed by atoms with E-state index < -0.39 is 0 Å². The van der Waals surface area contributed by atoms with Crippen LogP contribution in [0.1, 0.15) is 37.3 Å². The minimum absolute atomic E-state index is 0.244. The van der Waals surface area contributed by atoms with Crippen LogP contribution in [-0.4, -0.2) is 72.5 Å². The number of anilines is 1. The molecule has 4 rings (SSSR count). The predicted molar refractivity (Wildman–Crippen MR) is 96.8 cm³/mol. The van der Waals surface area contributed by atoms with Gasteiger partial charge in [-0.2, -0.15) is 0 Å². The lowest BCUT2D eigenvalue weighted by Crippen LogP contribution is -2.41. The van der Waals surface area contributed by atoms with Crippen LogP contribution >= 0.6 is 0 Å². The highest BCUT2D eigenvalue weighted by Gasteiger charge is 2.35. The van der Waals surface area contributed by atoms with Gasteiger partial charge in [-0.15, -0.1) is 0 Å². The van der Waals surface area contributed by atoms with Gasteiger partial charge in [0.2, 0.25) is 5.95 Å². The number of aliphatic hydroxyl groups is 1. The molecule has 3 aliphatic rings. The Morgan fingerprint density at radius 1 is 1.12 bits per heavy atom. The summed E-state index contributed by atoms with van der Waals surface area (Å²) in [5, 5.41) is 9.85. The molecule has 25 heavy (non-hydrogen) atoms. The van der Waals surface area contributed by atoms with E-state index in [1.165, 1.54) is 31.4 Å². The molecule has 3 heterocycles. The van der Waals surface area contributed by atoms with E-state index in [2.05, 4.69) is 20.9 Å². The van der Waals surface area contributed by atoms with Crippen molar-refractivity contribution in [3.63, 3.8) is 0 Å². The van der Waals surface area contributed by atoms with Gasteiger partial charge in [-0.3, -0.25) is 4.90 Å². The maximum absolute atomic E-state index is 9.85. The standard InChI is InChI=1S/C19H30N4O2/c24-14-17-13-23(12-16(17)11-22-7-9-25-10-8-22)19-20-6-5-18(21-19)15-3-1-2-4-15/h5-6,15-17,24H,1-4,7-14H2/t16-,17-/m1/s1. The summed E-state index contributed by atoms with van der Waals surface area (Å²) in [4.78, 5) is 14.2. The summed E-state index contributed by atoms with van der Waals surface area (Å²) in [6.07, 6.45) is 7.08. The van der Waals surface area contributed by atoms with Crippen LogP contribution < -0.4 is 4.90 Å². The molecule has 0 bridgehead atoms. The van der Waals surface area contributed by atoms with Crippen LogP contribution in [0.2, 0.25) is 0 Å². The summed E-state index contributed by atoms with van der Waals surface area (Å²) < 4.78 is 5.45. The number of hydrogen-bond donors (Lipinski definition) is 1. The van der Waals surface area contributed by atoms with Crippen molar-refractivity contribution in [3.05, 3.63) is 18.0 Å². The molecule has 6 nitrogen and oxygen atoms in total. The van der Waals surface area contributed by atoms with Gasteiger partial charge in [0.15, 0.2) is 0 Å². The minimum atomic E-state index is 0.244. The quantitative estimate of drug-likeness (QED) is 0.872. The number of nitrogens with zero attached hydrogens (tertiary/aromatic N) is 4. The molecule has 0 aromatic carbocycles. The zero-order valence-corrected chi connectivity index (χ0v) is 15.0. The molecular weight excluding hydrogens is 316 g/mol. The fourth-order valence-corrected chi connectivity index (χ4v) is 4.59. The topological polar surface area (TPSA) is 61.7 Å². The van der Waals surface area contributed by atoms with Crippen LogP contribution in [0.5, 0.6) is 0 Å². The smallest absolute Gasteiger partial charge is 0.225 e. The molecule has 3 fully saturated rings. The average molecular weight is 346 g/mol. The van der Waals surface area contributed by atoms with E-state index in [4.69, 9.17) is 9.72 Å². The van der Waals surface area contributed by atoms with Gasteiger partial charge in [0, 0.05) is 63.1 Å². The van der Waals surface area contributed by atoms with Crippen molar-refractivity contribution >= 4 is 5.95 Å². The number of morpholine rings is 1. The zero-order valence-electron chi connectivity index (χ0n) is 15.0. The summed E-state index contributed by atoms with van der Waals surface area (Å²) in [5.41, 5.74) is 1.21. The molecule has 138 valence electrons. The van der Waals surface area contributed by atoms with Crippen molar-refractivity contribution in [1.29, 1.82) is 0 Å². The lowest BCUT2D eigenvalue weighted by atomic mass is 9.96. The van der Waals surface area contributed by atoms with Crippen LogP contribution in [0, 0.1) is 11.8 Å². The molecule has 1 aromatic heterocycles. The third-order valence-corrected chi connectivity index (χ3v) is 6.13. The van der Waals surface area contributed by atoms with Crippen molar-refractivity contribution < 1.29 is 9.84 Å². The lowest BCUT2D eigenvalue weighted by Gasteiger charge is -2.30. The van der Waals surface area contributed by atoms with Crippen LogP contribution in [0.15, 0.2) is 12.3 Å². The summed E-state index contributed by atoms with van der Waals surface area (Å²) in [6, 6.07) is 2.09. The number of rotatable bonds is 5. The Bertz CT molecular complexity index is 558. The van der Waals surface area contributed by atoms with Crippen LogP contribution in [0.3, 0.4) is 0 Å². The first-order valence-corrected chi connectivity index (χ1v) is 9.82. The first kappa shape index (κ1) is 17.2. The van der Waals surface area contributed by atoms with Crippen LogP contribution in [0.4, 0.5) is 5.95 Å². The Morgan fingerprint density at radius 3 is 2.64 bits per heavy atom. The van der Waals surface area contributed by atoms with Crippen molar-refractivity contribution in [2.45, 2.75) is 31.6 Å². The van der Waals surface area contributed by atoms with Gasteiger partial charge in [-0.1, -0.05) is 12.8 Å². The first-order valence-electron chi connectivity index (χ1n) is 9.82. The van der Waals surface area contributed by atoms with Gasteiger partial charge in [0.1, 0.15) is 0 Å². The van der Waals surface area contributed by atoms with Crippen molar-refractivity contribution in [3.8, 4) is 0 Å². The Kier molecular flexibility index (Phi) is 5.48. The van der Waals surface area contributed by atoms with E-state index in [1.807, 2.05) is 6.20 Å². The van der Waals surface area contributed by atoms with Crippen LogP contribution in [0.25, 0.3) is 0 Å². The fourth-order valence-electron chi connectivity index (χ4n) is 4.59. The van der Waals surface area contributed by atoms with E-state index >= 15 is 0 Å². The van der Waals surface area contributed by atoms with Gasteiger partial charge in [0.05, 0.1) is 13.2 Å². The monoisotopic (exact) mass is 346 g/mol. The summed E-state index contributed by atoms with van der Waals surface area (Å²) in [7, 11) is 0. The molecule has 1 saturated carbocycles. The van der Waals surface area contributed by atoms with E-state index in [9.17, 15) is 5.11 Å². The molecule has 2 atom stereocenters. The van der Waals surface area contributed by atoms with E-state index in [-0.39, 0.29) is 6.61 Å². The number of hydrogen-bond acceptors (Lipinski definition) is 6. The lowest BCUT2D eigenvalue weighted by molar-refractivity contribution is 0.0268. The second kappa shape index (κ2) is 7.98. The molecule has 1 N–H and O–H groups in total. The molecule has 6 heteroatoms. The van der Waals surface area contributed by atoms with E-state index in [1.54, 1.807) is 0 Å². The molecule has 0 unspecified atom stereocenters. The second-order valence-corrected chi connectivity index (χ2v) is 7.78. The van der Waals surface area contributed by atoms with Crippen molar-refractivity contribution in [1.82, 2.24) is 14.9 Å². The SMILES string of the molecule is OC[C@H]1CN(c2nccc(C3CCCC3)n2)C[C@H]1CN1CCOCC1. The average Bonchev–Trinajstić information content (AvgIpc) is 3.33. The van der Waals surface area contributed by atoms with E-state index in [0.717, 1.165) is 51.9 Å². The normalized spacial score (nSPS) is 28.8. The summed E-state index contributed by atoms with van der Waals surface area (Å²) in [5.74, 6) is 2.25. The summed E-state index contributed by atoms with van der Waals surface area (Å²) in [6.45, 7) is 6.74. The Morgan fingerprint density at radius 2 is 1.88 bits per heavy atom. The van der Waals surface area contributed by atoms with Gasteiger partial charge in [-0.25, -0.2) is 9.97 Å². The van der Waals surface area contributed by atoms with Gasteiger partial charge < -0.3 is 14.7 Å². The highest BCUT2D eigenvalue weighted by atomic mass is 16.5. The minimum Gasteiger partial charge on any atom is -0.396 e. The first-order chi connectivity index (χ1) is 12.3. The molecule has 2 aliphatic heterocycles. The van der Waals surface area contributed by atoms with Crippen molar-refractivity contribution in [2.24, 2.45) is 11.8 Å². The largest absolute Gasteiger partial charge is 0.396 e. The van der Waals surface area contributed by atoms with Crippen molar-refractivity contribution in [2.75, 3.05) is 57.4 Å². The number of aromatic nitrogens is 2. The van der Waals surface area contributed by atoms with Gasteiger partial charge in [0.25, 0.3) is 0 Å². The maximum Gasteiger partial charge on any atom is 0.225 e. The third kappa shape index (κ3) is 3.96. The molecule has 0 spiro atoms. The molecule has 1 aromatic rings. The molecule has 2 saturated heterocycles. The Labute approximate surface area is 150 Å². The van der Waals surface area contributed by atoms with E-state index in [0.29, 0.717) is 17.8 Å². The zero-order chi connectivity index (χ0) is 17.1. The van der Waals surface area contributed by atoms with Crippen LogP contribution in [-0.2, 0) is 4.74 Å². The van der Waals surface area contributed by atoms with Gasteiger partial charge >= 0.3 is 0 Å². The Hall–Kier alpha value is -1.24. The number of ether oxygens (including phenoxy) is 1. The van der Waals surface area contributed by atoms with Gasteiger partial charge in [-0.05, 0) is 24.8 Å². The molecule has 1 aliphatic carbocycles. The number of aliphatic hydroxyl groups excluding tert-OH is 1. The fraction of sp³-hybridized carbons (Fsp3) is 0.789.